The molecule has 0 unspecified atom stereocenters. The Bertz CT molecular complexity index is 964. The molecule has 0 aliphatic carbocycles. The molecule has 0 saturated heterocycles. The standard InChI is InChI=1S/C17H15N5OS/c1-2-23-14-8-7-13(17-18-9-10-24-17)19-16(14)20-15-11-5-3-4-6-12(11)21-22-15/h3-10H,2H2,1H3,(H2,19,20,21,22). The lowest BCUT2D eigenvalue weighted by Crippen LogP contribution is -2.01. The number of pyridine rings is 1. The number of aromatic amines is 1. The number of fused-ring (bicyclic) bond motifs is 1. The molecule has 0 fully saturated rings. The Balaban J connectivity index is 1.76. The molecule has 3 aromatic heterocycles. The summed E-state index contributed by atoms with van der Waals surface area (Å²) < 4.78 is 5.69. The molecule has 7 heteroatoms. The van der Waals surface area contributed by atoms with E-state index in [-0.39, 0.29) is 0 Å². The number of hydrogen-bond donors (Lipinski definition) is 2. The van der Waals surface area contributed by atoms with E-state index < -0.39 is 0 Å². The van der Waals surface area contributed by atoms with Crippen molar-refractivity contribution >= 4 is 33.9 Å². The Kier molecular flexibility index (Phi) is 3.84. The fraction of sp³-hybridized carbons (Fsp3) is 0.118. The second kappa shape index (κ2) is 6.29. The molecule has 2 N–H and O–H groups in total. The highest BCUT2D eigenvalue weighted by atomic mass is 32.1. The minimum Gasteiger partial charge on any atom is -0.490 e. The number of rotatable bonds is 5. The van der Waals surface area contributed by atoms with Crippen LogP contribution in [-0.2, 0) is 0 Å². The molecule has 0 radical (unpaired) electrons. The van der Waals surface area contributed by atoms with Gasteiger partial charge in [-0.25, -0.2) is 9.97 Å². The average Bonchev–Trinajstić information content (AvgIpc) is 3.27. The SMILES string of the molecule is CCOc1ccc(-c2nccs2)nc1Nc1n[nH]c2ccccc12. The first-order valence-corrected chi connectivity index (χ1v) is 8.47. The summed E-state index contributed by atoms with van der Waals surface area (Å²) in [5.74, 6) is 2.03. The highest BCUT2D eigenvalue weighted by Gasteiger charge is 2.13. The zero-order valence-corrected chi connectivity index (χ0v) is 13.8. The first-order chi connectivity index (χ1) is 11.8. The van der Waals surface area contributed by atoms with Crippen LogP contribution in [0.5, 0.6) is 5.75 Å². The number of anilines is 2. The van der Waals surface area contributed by atoms with Crippen molar-refractivity contribution in [3.05, 3.63) is 48.0 Å². The Morgan fingerprint density at radius 3 is 2.92 bits per heavy atom. The minimum absolute atomic E-state index is 0.564. The fourth-order valence-corrected chi connectivity index (χ4v) is 3.05. The number of nitrogens with zero attached hydrogens (tertiary/aromatic N) is 3. The molecule has 1 aromatic carbocycles. The van der Waals surface area contributed by atoms with Crippen LogP contribution >= 0.6 is 11.3 Å². The normalized spacial score (nSPS) is 10.9. The van der Waals surface area contributed by atoms with Crippen molar-refractivity contribution in [1.29, 1.82) is 0 Å². The van der Waals surface area contributed by atoms with Crippen molar-refractivity contribution in [3.8, 4) is 16.5 Å². The summed E-state index contributed by atoms with van der Waals surface area (Å²) in [6, 6.07) is 11.8. The van der Waals surface area contributed by atoms with Crippen molar-refractivity contribution in [2.75, 3.05) is 11.9 Å². The highest BCUT2D eigenvalue weighted by Crippen LogP contribution is 2.31. The number of hydrogen-bond acceptors (Lipinski definition) is 6. The van der Waals surface area contributed by atoms with E-state index in [4.69, 9.17) is 4.74 Å². The number of H-pyrrole nitrogens is 1. The fourth-order valence-electron chi connectivity index (χ4n) is 2.45. The number of aromatic nitrogens is 4. The van der Waals surface area contributed by atoms with E-state index in [1.165, 1.54) is 0 Å². The molecule has 0 aliphatic rings. The molecular weight excluding hydrogens is 322 g/mol. The molecular formula is C17H15N5OS. The lowest BCUT2D eigenvalue weighted by Gasteiger charge is -2.11. The average molecular weight is 337 g/mol. The molecule has 0 amide bonds. The quantitative estimate of drug-likeness (QED) is 0.570. The largest absolute Gasteiger partial charge is 0.490 e. The predicted molar refractivity (Wildman–Crippen MR) is 95.9 cm³/mol. The van der Waals surface area contributed by atoms with Crippen LogP contribution in [0.15, 0.2) is 48.0 Å². The maximum atomic E-state index is 5.69. The van der Waals surface area contributed by atoms with Gasteiger partial charge in [-0.05, 0) is 31.2 Å². The topological polar surface area (TPSA) is 75.7 Å². The van der Waals surface area contributed by atoms with Gasteiger partial charge in [0, 0.05) is 17.0 Å². The van der Waals surface area contributed by atoms with Gasteiger partial charge in [0.25, 0.3) is 0 Å². The van der Waals surface area contributed by atoms with Crippen molar-refractivity contribution in [2.24, 2.45) is 0 Å². The third-order valence-electron chi connectivity index (χ3n) is 3.52. The maximum absolute atomic E-state index is 5.69. The lowest BCUT2D eigenvalue weighted by molar-refractivity contribution is 0.341. The monoisotopic (exact) mass is 337 g/mol. The summed E-state index contributed by atoms with van der Waals surface area (Å²) in [4.78, 5) is 8.99. The van der Waals surface area contributed by atoms with Gasteiger partial charge in [-0.2, -0.15) is 5.10 Å². The highest BCUT2D eigenvalue weighted by molar-refractivity contribution is 7.13. The van der Waals surface area contributed by atoms with Crippen LogP contribution < -0.4 is 10.1 Å². The van der Waals surface area contributed by atoms with Crippen LogP contribution in [0.2, 0.25) is 0 Å². The smallest absolute Gasteiger partial charge is 0.175 e. The van der Waals surface area contributed by atoms with Crippen molar-refractivity contribution in [2.45, 2.75) is 6.92 Å². The molecule has 0 saturated carbocycles. The summed E-state index contributed by atoms with van der Waals surface area (Å²) in [6.07, 6.45) is 1.77. The van der Waals surface area contributed by atoms with E-state index in [1.54, 1.807) is 17.5 Å². The van der Waals surface area contributed by atoms with Crippen LogP contribution in [0, 0.1) is 0 Å². The minimum atomic E-state index is 0.564. The Labute approximate surface area is 142 Å². The zero-order valence-electron chi connectivity index (χ0n) is 13.0. The van der Waals surface area contributed by atoms with Crippen LogP contribution in [0.4, 0.5) is 11.6 Å². The van der Waals surface area contributed by atoms with Crippen LogP contribution in [0.3, 0.4) is 0 Å². The van der Waals surface area contributed by atoms with Crippen LogP contribution in [0.1, 0.15) is 6.92 Å². The summed E-state index contributed by atoms with van der Waals surface area (Å²) in [6.45, 7) is 2.51. The number of thiazole rings is 1. The molecule has 3 heterocycles. The molecule has 24 heavy (non-hydrogen) atoms. The van der Waals surface area contributed by atoms with Gasteiger partial charge in [0.2, 0.25) is 0 Å². The third kappa shape index (κ3) is 2.69. The Hall–Kier alpha value is -2.93. The summed E-state index contributed by atoms with van der Waals surface area (Å²) in [5.41, 5.74) is 1.77. The van der Waals surface area contributed by atoms with Crippen LogP contribution in [0.25, 0.3) is 21.6 Å². The van der Waals surface area contributed by atoms with Gasteiger partial charge in [0.15, 0.2) is 17.4 Å². The van der Waals surface area contributed by atoms with Crippen molar-refractivity contribution in [3.63, 3.8) is 0 Å². The second-order valence-electron chi connectivity index (χ2n) is 5.06. The number of para-hydroxylation sites is 1. The van der Waals surface area contributed by atoms with Crippen molar-refractivity contribution in [1.82, 2.24) is 20.2 Å². The number of ether oxygens (including phenoxy) is 1. The molecule has 0 aliphatic heterocycles. The molecule has 6 nitrogen and oxygen atoms in total. The second-order valence-corrected chi connectivity index (χ2v) is 5.95. The van der Waals surface area contributed by atoms with E-state index in [1.807, 2.05) is 48.7 Å². The van der Waals surface area contributed by atoms with Gasteiger partial charge >= 0.3 is 0 Å². The van der Waals surface area contributed by atoms with Gasteiger partial charge in [0.05, 0.1) is 12.1 Å². The van der Waals surface area contributed by atoms with E-state index >= 15 is 0 Å². The van der Waals surface area contributed by atoms with E-state index in [0.29, 0.717) is 18.2 Å². The molecule has 0 atom stereocenters. The van der Waals surface area contributed by atoms with E-state index in [0.717, 1.165) is 27.4 Å². The third-order valence-corrected chi connectivity index (χ3v) is 4.31. The van der Waals surface area contributed by atoms with Gasteiger partial charge < -0.3 is 10.1 Å². The summed E-state index contributed by atoms with van der Waals surface area (Å²) in [7, 11) is 0. The summed E-state index contributed by atoms with van der Waals surface area (Å²) in [5, 5.41) is 14.4. The lowest BCUT2D eigenvalue weighted by atomic mass is 10.2. The van der Waals surface area contributed by atoms with Gasteiger partial charge in [-0.1, -0.05) is 12.1 Å². The van der Waals surface area contributed by atoms with Gasteiger partial charge in [-0.15, -0.1) is 11.3 Å². The first kappa shape index (κ1) is 14.6. The molecule has 4 aromatic rings. The van der Waals surface area contributed by atoms with Gasteiger partial charge in [0.1, 0.15) is 10.7 Å². The maximum Gasteiger partial charge on any atom is 0.175 e. The van der Waals surface area contributed by atoms with Gasteiger partial charge in [-0.3, -0.25) is 5.10 Å². The van der Waals surface area contributed by atoms with E-state index in [9.17, 15) is 0 Å². The van der Waals surface area contributed by atoms with E-state index in [2.05, 4.69) is 25.5 Å². The number of benzene rings is 1. The predicted octanol–water partition coefficient (Wildman–Crippen LogP) is 4.22. The zero-order chi connectivity index (χ0) is 16.4. The summed E-state index contributed by atoms with van der Waals surface area (Å²) >= 11 is 1.55. The Morgan fingerprint density at radius 1 is 1.17 bits per heavy atom. The van der Waals surface area contributed by atoms with Crippen molar-refractivity contribution < 1.29 is 4.74 Å². The molecule has 0 spiro atoms. The molecule has 4 rings (SSSR count). The Morgan fingerprint density at radius 2 is 2.08 bits per heavy atom. The van der Waals surface area contributed by atoms with Crippen LogP contribution in [-0.4, -0.2) is 26.8 Å². The first-order valence-electron chi connectivity index (χ1n) is 7.59. The number of nitrogens with one attached hydrogen (secondary N) is 2. The molecule has 120 valence electrons. The molecule has 0 bridgehead atoms.